The first kappa shape index (κ1) is 12.9. The van der Waals surface area contributed by atoms with Gasteiger partial charge in [0.2, 0.25) is 0 Å². The molecule has 1 rings (SSSR count). The smallest absolute Gasteiger partial charge is 0.146 e. The van der Waals surface area contributed by atoms with Gasteiger partial charge in [0.1, 0.15) is 5.78 Å². The van der Waals surface area contributed by atoms with Crippen LogP contribution in [0.5, 0.6) is 0 Å². The van der Waals surface area contributed by atoms with Crippen molar-refractivity contribution in [1.82, 2.24) is 0 Å². The van der Waals surface area contributed by atoms with Gasteiger partial charge in [0.15, 0.2) is 0 Å². The minimum atomic E-state index is 0.0933. The molecule has 1 aromatic carbocycles. The highest BCUT2D eigenvalue weighted by molar-refractivity contribution is 5.80. The lowest BCUT2D eigenvalue weighted by Crippen LogP contribution is -2.18. The molecule has 0 aliphatic carbocycles. The molecule has 3 nitrogen and oxygen atoms in total. The number of Topliss-reactive ketones (excluding diaryl/α,β-unsaturated/α-hetero) is 1. The third kappa shape index (κ3) is 5.05. The van der Waals surface area contributed by atoms with Crippen LogP contribution in [0.3, 0.4) is 0 Å². The number of hydrogen-bond acceptors (Lipinski definition) is 3. The molecule has 88 valence electrons. The van der Waals surface area contributed by atoms with Crippen molar-refractivity contribution in [3.63, 3.8) is 0 Å². The van der Waals surface area contributed by atoms with E-state index in [1.807, 2.05) is 37.3 Å². The summed E-state index contributed by atoms with van der Waals surface area (Å²) in [6.45, 7) is 3.32. The Kier molecular flexibility index (Phi) is 5.75. The van der Waals surface area contributed by atoms with E-state index in [2.05, 4.69) is 0 Å². The molecule has 0 spiro atoms. The Bertz CT molecular complexity index is 311. The molecule has 1 atom stereocenters. The van der Waals surface area contributed by atoms with Crippen LogP contribution in [0.2, 0.25) is 0 Å². The third-order valence-electron chi connectivity index (χ3n) is 2.32. The first-order valence-corrected chi connectivity index (χ1v) is 5.55. The van der Waals surface area contributed by atoms with E-state index in [-0.39, 0.29) is 18.2 Å². The monoisotopic (exact) mass is 221 g/mol. The van der Waals surface area contributed by atoms with Gasteiger partial charge >= 0.3 is 0 Å². The zero-order valence-corrected chi connectivity index (χ0v) is 9.69. The van der Waals surface area contributed by atoms with Crippen molar-refractivity contribution >= 4 is 5.78 Å². The van der Waals surface area contributed by atoms with Crippen molar-refractivity contribution in [1.29, 1.82) is 0 Å². The van der Waals surface area contributed by atoms with Crippen LogP contribution in [-0.4, -0.2) is 18.9 Å². The van der Waals surface area contributed by atoms with Crippen molar-refractivity contribution in [3.05, 3.63) is 35.9 Å². The van der Waals surface area contributed by atoms with Gasteiger partial charge in [-0.1, -0.05) is 37.3 Å². The first-order valence-electron chi connectivity index (χ1n) is 5.55. The molecule has 0 aliphatic rings. The summed E-state index contributed by atoms with van der Waals surface area (Å²) in [5.41, 5.74) is 6.40. The molecule has 0 bridgehead atoms. The Morgan fingerprint density at radius 1 is 1.38 bits per heavy atom. The summed E-state index contributed by atoms with van der Waals surface area (Å²) in [7, 11) is 0. The summed E-state index contributed by atoms with van der Waals surface area (Å²) >= 11 is 0. The predicted molar refractivity (Wildman–Crippen MR) is 63.9 cm³/mol. The van der Waals surface area contributed by atoms with Crippen LogP contribution < -0.4 is 5.73 Å². The average molecular weight is 221 g/mol. The Labute approximate surface area is 96.6 Å². The third-order valence-corrected chi connectivity index (χ3v) is 2.32. The van der Waals surface area contributed by atoms with E-state index in [4.69, 9.17) is 10.5 Å². The minimum Gasteiger partial charge on any atom is -0.376 e. The number of carbonyl (C=O) groups is 1. The zero-order chi connectivity index (χ0) is 11.8. The van der Waals surface area contributed by atoms with E-state index in [1.165, 1.54) is 0 Å². The van der Waals surface area contributed by atoms with E-state index >= 15 is 0 Å². The second-order valence-electron chi connectivity index (χ2n) is 4.05. The Hall–Kier alpha value is -1.19. The summed E-state index contributed by atoms with van der Waals surface area (Å²) in [5.74, 6) is 0.329. The van der Waals surface area contributed by atoms with Crippen molar-refractivity contribution in [3.8, 4) is 0 Å². The van der Waals surface area contributed by atoms with E-state index in [1.54, 1.807) is 0 Å². The van der Waals surface area contributed by atoms with Gasteiger partial charge in [0.05, 0.1) is 13.2 Å². The lowest BCUT2D eigenvalue weighted by molar-refractivity contribution is -0.119. The molecular weight excluding hydrogens is 202 g/mol. The number of benzene rings is 1. The molecule has 16 heavy (non-hydrogen) atoms. The fourth-order valence-electron chi connectivity index (χ4n) is 1.48. The fraction of sp³-hybridized carbons (Fsp3) is 0.462. The largest absolute Gasteiger partial charge is 0.376 e. The van der Waals surface area contributed by atoms with Crippen LogP contribution in [0.4, 0.5) is 0 Å². The maximum Gasteiger partial charge on any atom is 0.146 e. The topological polar surface area (TPSA) is 52.3 Å². The number of ether oxygens (including phenoxy) is 1. The zero-order valence-electron chi connectivity index (χ0n) is 9.69. The van der Waals surface area contributed by atoms with Gasteiger partial charge in [0.25, 0.3) is 0 Å². The molecular formula is C13H19NO2. The molecule has 0 aliphatic heterocycles. The second-order valence-corrected chi connectivity index (χ2v) is 4.05. The molecule has 0 heterocycles. The SMILES string of the molecule is CC(COCc1ccccc1)CC(=O)CN. The van der Waals surface area contributed by atoms with E-state index in [0.29, 0.717) is 19.6 Å². The lowest BCUT2D eigenvalue weighted by Gasteiger charge is -2.10. The van der Waals surface area contributed by atoms with Crippen molar-refractivity contribution in [2.24, 2.45) is 11.7 Å². The summed E-state index contributed by atoms with van der Waals surface area (Å²) in [6.07, 6.45) is 0.505. The number of carbonyl (C=O) groups excluding carboxylic acids is 1. The highest BCUT2D eigenvalue weighted by atomic mass is 16.5. The summed E-state index contributed by atoms with van der Waals surface area (Å²) in [5, 5.41) is 0. The van der Waals surface area contributed by atoms with Gasteiger partial charge < -0.3 is 10.5 Å². The average Bonchev–Trinajstić information content (AvgIpc) is 2.30. The Balaban J connectivity index is 2.18. The molecule has 3 heteroatoms. The molecule has 0 saturated carbocycles. The first-order chi connectivity index (χ1) is 7.72. The lowest BCUT2D eigenvalue weighted by atomic mass is 10.1. The van der Waals surface area contributed by atoms with E-state index in [9.17, 15) is 4.79 Å². The standard InChI is InChI=1S/C13H19NO2/c1-11(7-13(15)8-14)9-16-10-12-5-3-2-4-6-12/h2-6,11H,7-10,14H2,1H3. The molecule has 1 aromatic rings. The summed E-state index contributed by atoms with van der Waals surface area (Å²) in [6, 6.07) is 10.00. The fourth-order valence-corrected chi connectivity index (χ4v) is 1.48. The van der Waals surface area contributed by atoms with Gasteiger partial charge in [-0.15, -0.1) is 0 Å². The molecule has 0 amide bonds. The predicted octanol–water partition coefficient (Wildman–Crippen LogP) is 1.76. The normalized spacial score (nSPS) is 12.4. The van der Waals surface area contributed by atoms with Crippen molar-refractivity contribution in [2.75, 3.05) is 13.2 Å². The Morgan fingerprint density at radius 2 is 2.06 bits per heavy atom. The quantitative estimate of drug-likeness (QED) is 0.763. The molecule has 1 unspecified atom stereocenters. The van der Waals surface area contributed by atoms with Crippen LogP contribution >= 0.6 is 0 Å². The van der Waals surface area contributed by atoms with Gasteiger partial charge in [-0.05, 0) is 11.5 Å². The van der Waals surface area contributed by atoms with Gasteiger partial charge in [-0.25, -0.2) is 0 Å². The number of rotatable bonds is 7. The van der Waals surface area contributed by atoms with Gasteiger partial charge in [-0.2, -0.15) is 0 Å². The van der Waals surface area contributed by atoms with Crippen LogP contribution in [0.15, 0.2) is 30.3 Å². The molecule has 2 N–H and O–H groups in total. The van der Waals surface area contributed by atoms with Gasteiger partial charge in [0, 0.05) is 13.0 Å². The maximum atomic E-state index is 11.1. The molecule has 0 saturated heterocycles. The summed E-state index contributed by atoms with van der Waals surface area (Å²) < 4.78 is 5.53. The number of hydrogen-bond donors (Lipinski definition) is 1. The Morgan fingerprint density at radius 3 is 2.69 bits per heavy atom. The second kappa shape index (κ2) is 7.14. The molecule has 0 fully saturated rings. The summed E-state index contributed by atoms with van der Waals surface area (Å²) in [4.78, 5) is 11.1. The molecule has 0 radical (unpaired) electrons. The van der Waals surface area contributed by atoms with E-state index < -0.39 is 0 Å². The van der Waals surface area contributed by atoms with Crippen LogP contribution in [0, 0.1) is 5.92 Å². The van der Waals surface area contributed by atoms with Crippen molar-refractivity contribution < 1.29 is 9.53 Å². The van der Waals surface area contributed by atoms with Crippen LogP contribution in [0.1, 0.15) is 18.9 Å². The molecule has 0 aromatic heterocycles. The minimum absolute atomic E-state index is 0.0933. The number of nitrogens with two attached hydrogens (primary N) is 1. The van der Waals surface area contributed by atoms with Gasteiger partial charge in [-0.3, -0.25) is 4.79 Å². The van der Waals surface area contributed by atoms with E-state index in [0.717, 1.165) is 5.56 Å². The highest BCUT2D eigenvalue weighted by Gasteiger charge is 2.07. The van der Waals surface area contributed by atoms with Crippen LogP contribution in [-0.2, 0) is 16.1 Å². The number of ketones is 1. The van der Waals surface area contributed by atoms with Crippen LogP contribution in [0.25, 0.3) is 0 Å². The maximum absolute atomic E-state index is 11.1. The van der Waals surface area contributed by atoms with Crippen molar-refractivity contribution in [2.45, 2.75) is 20.0 Å². The highest BCUT2D eigenvalue weighted by Crippen LogP contribution is 2.06.